The maximum absolute atomic E-state index is 12.1. The Kier molecular flexibility index (Phi) is 2.41. The zero-order chi connectivity index (χ0) is 11.8. The van der Waals surface area contributed by atoms with Crippen molar-refractivity contribution < 1.29 is 13.2 Å². The molecule has 1 N–H and O–H groups in total. The summed E-state index contributed by atoms with van der Waals surface area (Å²) in [7, 11) is 0. The van der Waals surface area contributed by atoms with Crippen LogP contribution in [0.5, 0.6) is 0 Å². The molecule has 0 radical (unpaired) electrons. The average molecular weight is 228 g/mol. The molecule has 0 atom stereocenters. The van der Waals surface area contributed by atoms with Gasteiger partial charge in [0.15, 0.2) is 0 Å². The Balaban J connectivity index is 2.55. The SMILES string of the molecule is O=c1[nH]c2ccccc2nc1CC(F)(F)F. The molecular formula is C10H7F3N2O. The monoisotopic (exact) mass is 228 g/mol. The number of halogens is 3. The van der Waals surface area contributed by atoms with E-state index in [1.54, 1.807) is 24.3 Å². The van der Waals surface area contributed by atoms with E-state index in [4.69, 9.17) is 0 Å². The third kappa shape index (κ3) is 2.21. The number of aromatic nitrogens is 2. The molecular weight excluding hydrogens is 221 g/mol. The molecule has 0 bridgehead atoms. The number of rotatable bonds is 1. The molecule has 1 aromatic carbocycles. The standard InChI is InChI=1S/C10H7F3N2O/c11-10(12,13)5-8-9(16)15-7-4-2-1-3-6(7)14-8/h1-4H,5H2,(H,15,16). The number of para-hydroxylation sites is 2. The van der Waals surface area contributed by atoms with Gasteiger partial charge in [-0.05, 0) is 12.1 Å². The quantitative estimate of drug-likeness (QED) is 0.811. The summed E-state index contributed by atoms with van der Waals surface area (Å²) in [5.74, 6) is 0. The predicted molar refractivity (Wildman–Crippen MR) is 52.1 cm³/mol. The lowest BCUT2D eigenvalue weighted by molar-refractivity contribution is -0.128. The van der Waals surface area contributed by atoms with Gasteiger partial charge < -0.3 is 4.98 Å². The van der Waals surface area contributed by atoms with E-state index in [-0.39, 0.29) is 0 Å². The Hall–Kier alpha value is -1.85. The molecule has 0 aliphatic carbocycles. The van der Waals surface area contributed by atoms with Crippen LogP contribution in [0.15, 0.2) is 29.1 Å². The molecule has 2 rings (SSSR count). The van der Waals surface area contributed by atoms with Gasteiger partial charge >= 0.3 is 6.18 Å². The summed E-state index contributed by atoms with van der Waals surface area (Å²) in [4.78, 5) is 17.4. The molecule has 3 nitrogen and oxygen atoms in total. The second kappa shape index (κ2) is 3.62. The molecule has 0 spiro atoms. The smallest absolute Gasteiger partial charge is 0.319 e. The van der Waals surface area contributed by atoms with Gasteiger partial charge in [0.2, 0.25) is 0 Å². The number of hydrogen-bond acceptors (Lipinski definition) is 2. The summed E-state index contributed by atoms with van der Waals surface area (Å²) in [6, 6.07) is 6.45. The summed E-state index contributed by atoms with van der Waals surface area (Å²) < 4.78 is 36.4. The fourth-order valence-electron chi connectivity index (χ4n) is 1.38. The van der Waals surface area contributed by atoms with E-state index in [1.807, 2.05) is 0 Å². The molecule has 0 saturated heterocycles. The number of nitrogens with one attached hydrogen (secondary N) is 1. The van der Waals surface area contributed by atoms with E-state index in [0.29, 0.717) is 11.0 Å². The van der Waals surface area contributed by atoms with Gasteiger partial charge in [0.1, 0.15) is 5.69 Å². The Bertz CT molecular complexity index is 574. The first-order valence-electron chi connectivity index (χ1n) is 4.50. The van der Waals surface area contributed by atoms with Crippen LogP contribution in [-0.4, -0.2) is 16.1 Å². The van der Waals surface area contributed by atoms with Crippen molar-refractivity contribution in [2.24, 2.45) is 0 Å². The Morgan fingerprint density at radius 1 is 1.25 bits per heavy atom. The van der Waals surface area contributed by atoms with Crippen molar-refractivity contribution in [2.75, 3.05) is 0 Å². The number of nitrogens with zero attached hydrogens (tertiary/aromatic N) is 1. The maximum atomic E-state index is 12.1. The third-order valence-electron chi connectivity index (χ3n) is 2.04. The normalized spacial score (nSPS) is 11.9. The van der Waals surface area contributed by atoms with E-state index in [1.165, 1.54) is 0 Å². The molecule has 0 aliphatic heterocycles. The molecule has 16 heavy (non-hydrogen) atoms. The second-order valence-electron chi connectivity index (χ2n) is 3.32. The molecule has 0 amide bonds. The van der Waals surface area contributed by atoms with E-state index >= 15 is 0 Å². The van der Waals surface area contributed by atoms with Crippen LogP contribution in [0.1, 0.15) is 5.69 Å². The van der Waals surface area contributed by atoms with Crippen molar-refractivity contribution in [2.45, 2.75) is 12.6 Å². The average Bonchev–Trinajstić information content (AvgIpc) is 2.17. The van der Waals surface area contributed by atoms with Crippen molar-refractivity contribution in [3.05, 3.63) is 40.3 Å². The van der Waals surface area contributed by atoms with Crippen LogP contribution >= 0.6 is 0 Å². The van der Waals surface area contributed by atoms with Crippen molar-refractivity contribution in [1.82, 2.24) is 9.97 Å². The Morgan fingerprint density at radius 3 is 2.62 bits per heavy atom. The van der Waals surface area contributed by atoms with E-state index in [2.05, 4.69) is 9.97 Å². The van der Waals surface area contributed by atoms with E-state index in [9.17, 15) is 18.0 Å². The minimum atomic E-state index is -4.43. The van der Waals surface area contributed by atoms with Crippen molar-refractivity contribution in [3.63, 3.8) is 0 Å². The number of alkyl halides is 3. The highest BCUT2D eigenvalue weighted by Crippen LogP contribution is 2.19. The third-order valence-corrected chi connectivity index (χ3v) is 2.04. The first-order chi connectivity index (χ1) is 7.46. The summed E-state index contributed by atoms with van der Waals surface area (Å²) in [6.07, 6.45) is -5.74. The second-order valence-corrected chi connectivity index (χ2v) is 3.32. The van der Waals surface area contributed by atoms with Crippen LogP contribution in [0.3, 0.4) is 0 Å². The van der Waals surface area contributed by atoms with Crippen LogP contribution in [0.25, 0.3) is 11.0 Å². The van der Waals surface area contributed by atoms with Crippen LogP contribution < -0.4 is 5.56 Å². The van der Waals surface area contributed by atoms with E-state index in [0.717, 1.165) is 0 Å². The van der Waals surface area contributed by atoms with Crippen molar-refractivity contribution >= 4 is 11.0 Å². The van der Waals surface area contributed by atoms with Crippen LogP contribution in [-0.2, 0) is 6.42 Å². The molecule has 84 valence electrons. The van der Waals surface area contributed by atoms with E-state index < -0.39 is 23.9 Å². The fourth-order valence-corrected chi connectivity index (χ4v) is 1.38. The van der Waals surface area contributed by atoms with Gasteiger partial charge in [0, 0.05) is 0 Å². The van der Waals surface area contributed by atoms with Gasteiger partial charge in [-0.15, -0.1) is 0 Å². The van der Waals surface area contributed by atoms with Crippen LogP contribution in [0.4, 0.5) is 13.2 Å². The van der Waals surface area contributed by atoms with Crippen LogP contribution in [0.2, 0.25) is 0 Å². The lowest BCUT2D eigenvalue weighted by Gasteiger charge is -2.05. The summed E-state index contributed by atoms with van der Waals surface area (Å²) in [6.45, 7) is 0. The molecule has 2 aromatic rings. The minimum Gasteiger partial charge on any atom is -0.319 e. The summed E-state index contributed by atoms with van der Waals surface area (Å²) >= 11 is 0. The zero-order valence-electron chi connectivity index (χ0n) is 8.01. The molecule has 0 aliphatic rings. The van der Waals surface area contributed by atoms with Gasteiger partial charge in [-0.1, -0.05) is 12.1 Å². The lowest BCUT2D eigenvalue weighted by Crippen LogP contribution is -2.22. The molecule has 6 heteroatoms. The van der Waals surface area contributed by atoms with Crippen molar-refractivity contribution in [1.29, 1.82) is 0 Å². The number of H-pyrrole nitrogens is 1. The van der Waals surface area contributed by atoms with Gasteiger partial charge in [-0.2, -0.15) is 13.2 Å². The molecule has 1 aromatic heterocycles. The number of hydrogen-bond donors (Lipinski definition) is 1. The van der Waals surface area contributed by atoms with Crippen molar-refractivity contribution in [3.8, 4) is 0 Å². The summed E-state index contributed by atoms with van der Waals surface area (Å²) in [5.41, 5.74) is -0.526. The fraction of sp³-hybridized carbons (Fsp3) is 0.200. The number of benzene rings is 1. The largest absolute Gasteiger partial charge is 0.394 e. The molecule has 1 heterocycles. The Labute approximate surface area is 87.9 Å². The minimum absolute atomic E-state index is 0.348. The van der Waals surface area contributed by atoms with Gasteiger partial charge in [0.05, 0.1) is 17.5 Å². The first kappa shape index (κ1) is 10.7. The summed E-state index contributed by atoms with van der Waals surface area (Å²) in [5, 5.41) is 0. The highest BCUT2D eigenvalue weighted by Gasteiger charge is 2.30. The van der Waals surface area contributed by atoms with Gasteiger partial charge in [-0.3, -0.25) is 4.79 Å². The number of aromatic amines is 1. The topological polar surface area (TPSA) is 45.8 Å². The highest BCUT2D eigenvalue weighted by atomic mass is 19.4. The number of fused-ring (bicyclic) bond motifs is 1. The molecule has 0 fully saturated rings. The highest BCUT2D eigenvalue weighted by molar-refractivity contribution is 5.73. The Morgan fingerprint density at radius 2 is 1.94 bits per heavy atom. The van der Waals surface area contributed by atoms with Crippen LogP contribution in [0, 0.1) is 0 Å². The zero-order valence-corrected chi connectivity index (χ0v) is 8.01. The molecule has 0 saturated carbocycles. The maximum Gasteiger partial charge on any atom is 0.394 e. The molecule has 0 unspecified atom stereocenters. The lowest BCUT2D eigenvalue weighted by atomic mass is 10.2. The van der Waals surface area contributed by atoms with Gasteiger partial charge in [-0.25, -0.2) is 4.98 Å². The van der Waals surface area contributed by atoms with Gasteiger partial charge in [0.25, 0.3) is 5.56 Å². The predicted octanol–water partition coefficient (Wildman–Crippen LogP) is 2.03. The first-order valence-corrected chi connectivity index (χ1v) is 4.50.